The van der Waals surface area contributed by atoms with E-state index in [4.69, 9.17) is 4.42 Å². The molecule has 1 heterocycles. The fraction of sp³-hybridized carbons (Fsp3) is 0.556. The van der Waals surface area contributed by atoms with Crippen LogP contribution in [0.4, 0.5) is 13.2 Å². The van der Waals surface area contributed by atoms with Gasteiger partial charge in [-0.2, -0.15) is 13.2 Å². The van der Waals surface area contributed by atoms with E-state index in [0.29, 0.717) is 5.76 Å². The third-order valence-corrected chi connectivity index (χ3v) is 1.81. The van der Waals surface area contributed by atoms with Crippen LogP contribution in [0.25, 0.3) is 0 Å². The average molecular weight is 208 g/mol. The van der Waals surface area contributed by atoms with Crippen molar-refractivity contribution in [3.05, 3.63) is 24.2 Å². The van der Waals surface area contributed by atoms with Crippen LogP contribution in [0.1, 0.15) is 31.1 Å². The number of alkyl halides is 3. The number of halogens is 3. The van der Waals surface area contributed by atoms with E-state index in [0.717, 1.165) is 0 Å². The molecule has 0 radical (unpaired) electrons. The van der Waals surface area contributed by atoms with Gasteiger partial charge in [-0.3, -0.25) is 0 Å². The van der Waals surface area contributed by atoms with Gasteiger partial charge < -0.3 is 9.52 Å². The van der Waals surface area contributed by atoms with Crippen LogP contribution in [0.15, 0.2) is 22.8 Å². The Labute approximate surface area is 79.3 Å². The van der Waals surface area contributed by atoms with Crippen LogP contribution < -0.4 is 0 Å². The summed E-state index contributed by atoms with van der Waals surface area (Å²) in [5, 5.41) is 9.35. The van der Waals surface area contributed by atoms with Gasteiger partial charge in [0, 0.05) is 6.42 Å². The lowest BCUT2D eigenvalue weighted by Gasteiger charge is -2.08. The first-order valence-electron chi connectivity index (χ1n) is 4.27. The van der Waals surface area contributed by atoms with Crippen molar-refractivity contribution in [3.63, 3.8) is 0 Å². The quantitative estimate of drug-likeness (QED) is 0.824. The predicted molar refractivity (Wildman–Crippen MR) is 43.6 cm³/mol. The molecule has 80 valence electrons. The first kappa shape index (κ1) is 11.1. The highest BCUT2D eigenvalue weighted by atomic mass is 19.4. The second kappa shape index (κ2) is 4.50. The average Bonchev–Trinajstić information content (AvgIpc) is 2.53. The van der Waals surface area contributed by atoms with E-state index in [1.807, 2.05) is 0 Å². The molecule has 14 heavy (non-hydrogen) atoms. The molecule has 1 rings (SSSR count). The Balaban J connectivity index is 2.26. The molecule has 5 heteroatoms. The highest BCUT2D eigenvalue weighted by Gasteiger charge is 2.26. The third-order valence-electron chi connectivity index (χ3n) is 1.81. The SMILES string of the molecule is OC(CCCC(F)(F)F)c1ccco1. The molecule has 1 N–H and O–H groups in total. The number of hydrogen-bond donors (Lipinski definition) is 1. The molecule has 2 nitrogen and oxygen atoms in total. The Morgan fingerprint density at radius 3 is 2.64 bits per heavy atom. The van der Waals surface area contributed by atoms with Crippen molar-refractivity contribution in [3.8, 4) is 0 Å². The van der Waals surface area contributed by atoms with Crippen LogP contribution in [0.5, 0.6) is 0 Å². The van der Waals surface area contributed by atoms with Crippen LogP contribution in [-0.2, 0) is 0 Å². The predicted octanol–water partition coefficient (Wildman–Crippen LogP) is 3.05. The fourth-order valence-corrected chi connectivity index (χ4v) is 1.12. The summed E-state index contributed by atoms with van der Waals surface area (Å²) in [6, 6.07) is 3.13. The summed E-state index contributed by atoms with van der Waals surface area (Å²) in [7, 11) is 0. The summed E-state index contributed by atoms with van der Waals surface area (Å²) in [4.78, 5) is 0. The minimum atomic E-state index is -4.15. The molecule has 0 bridgehead atoms. The molecule has 0 saturated carbocycles. The summed E-state index contributed by atoms with van der Waals surface area (Å²) in [6.07, 6.45) is -4.61. The molecule has 0 aliphatic carbocycles. The summed E-state index contributed by atoms with van der Waals surface area (Å²) in [5.41, 5.74) is 0. The summed E-state index contributed by atoms with van der Waals surface area (Å²) >= 11 is 0. The highest BCUT2D eigenvalue weighted by molar-refractivity contribution is 5.01. The van der Waals surface area contributed by atoms with Crippen LogP contribution >= 0.6 is 0 Å². The maximum absolute atomic E-state index is 11.7. The Bertz CT molecular complexity index is 254. The Kier molecular flexibility index (Phi) is 3.57. The molecule has 0 aromatic carbocycles. The Morgan fingerprint density at radius 2 is 2.14 bits per heavy atom. The van der Waals surface area contributed by atoms with Gasteiger partial charge >= 0.3 is 6.18 Å². The molecule has 1 aromatic rings. The monoisotopic (exact) mass is 208 g/mol. The maximum Gasteiger partial charge on any atom is 0.389 e. The standard InChI is InChI=1S/C9H11F3O2/c10-9(11,12)5-1-3-7(13)8-4-2-6-14-8/h2,4,6-7,13H,1,3,5H2. The van der Waals surface area contributed by atoms with E-state index < -0.39 is 18.7 Å². The first-order valence-corrected chi connectivity index (χ1v) is 4.27. The lowest BCUT2D eigenvalue weighted by molar-refractivity contribution is -0.136. The van der Waals surface area contributed by atoms with Crippen molar-refractivity contribution in [1.29, 1.82) is 0 Å². The topological polar surface area (TPSA) is 33.4 Å². The first-order chi connectivity index (χ1) is 6.49. The van der Waals surface area contributed by atoms with Crippen molar-refractivity contribution in [2.24, 2.45) is 0 Å². The molecule has 0 saturated heterocycles. The Morgan fingerprint density at radius 1 is 1.43 bits per heavy atom. The van der Waals surface area contributed by atoms with Crippen LogP contribution in [0.3, 0.4) is 0 Å². The van der Waals surface area contributed by atoms with E-state index in [-0.39, 0.29) is 12.8 Å². The van der Waals surface area contributed by atoms with Gasteiger partial charge in [-0.05, 0) is 25.0 Å². The van der Waals surface area contributed by atoms with Crippen molar-refractivity contribution in [2.75, 3.05) is 0 Å². The van der Waals surface area contributed by atoms with Gasteiger partial charge in [-0.25, -0.2) is 0 Å². The van der Waals surface area contributed by atoms with E-state index in [1.54, 1.807) is 6.07 Å². The second-order valence-electron chi connectivity index (χ2n) is 3.04. The zero-order chi connectivity index (χ0) is 10.6. The normalized spacial score (nSPS) is 14.3. The molecule has 1 atom stereocenters. The summed E-state index contributed by atoms with van der Waals surface area (Å²) in [6.45, 7) is 0. The van der Waals surface area contributed by atoms with Crippen LogP contribution in [0, 0.1) is 0 Å². The lowest BCUT2D eigenvalue weighted by Crippen LogP contribution is -2.07. The van der Waals surface area contributed by atoms with E-state index >= 15 is 0 Å². The number of rotatable bonds is 4. The van der Waals surface area contributed by atoms with E-state index in [2.05, 4.69) is 0 Å². The molecular weight excluding hydrogens is 197 g/mol. The molecule has 0 fully saturated rings. The second-order valence-corrected chi connectivity index (χ2v) is 3.04. The molecular formula is C9H11F3O2. The van der Waals surface area contributed by atoms with Crippen molar-refractivity contribution < 1.29 is 22.7 Å². The van der Waals surface area contributed by atoms with E-state index in [9.17, 15) is 18.3 Å². The van der Waals surface area contributed by atoms with Crippen molar-refractivity contribution in [2.45, 2.75) is 31.5 Å². The number of furan rings is 1. The maximum atomic E-state index is 11.7. The highest BCUT2D eigenvalue weighted by Crippen LogP contribution is 2.26. The van der Waals surface area contributed by atoms with Crippen molar-refractivity contribution >= 4 is 0 Å². The van der Waals surface area contributed by atoms with Crippen LogP contribution in [-0.4, -0.2) is 11.3 Å². The third kappa shape index (κ3) is 3.83. The summed E-state index contributed by atoms with van der Waals surface area (Å²) < 4.78 is 40.1. The molecule has 1 unspecified atom stereocenters. The number of aliphatic hydroxyl groups excluding tert-OH is 1. The van der Waals surface area contributed by atoms with Crippen LogP contribution in [0.2, 0.25) is 0 Å². The van der Waals surface area contributed by atoms with Crippen molar-refractivity contribution in [1.82, 2.24) is 0 Å². The zero-order valence-electron chi connectivity index (χ0n) is 7.42. The molecule has 1 aromatic heterocycles. The van der Waals surface area contributed by atoms with Gasteiger partial charge in [-0.1, -0.05) is 0 Å². The lowest BCUT2D eigenvalue weighted by atomic mass is 10.1. The van der Waals surface area contributed by atoms with Gasteiger partial charge in [-0.15, -0.1) is 0 Å². The smallest absolute Gasteiger partial charge is 0.389 e. The van der Waals surface area contributed by atoms with Gasteiger partial charge in [0.2, 0.25) is 0 Å². The number of aliphatic hydroxyl groups is 1. The largest absolute Gasteiger partial charge is 0.467 e. The molecule has 0 aliphatic heterocycles. The van der Waals surface area contributed by atoms with Gasteiger partial charge in [0.1, 0.15) is 11.9 Å². The number of hydrogen-bond acceptors (Lipinski definition) is 2. The molecule has 0 aliphatic rings. The van der Waals surface area contributed by atoms with Gasteiger partial charge in [0.25, 0.3) is 0 Å². The van der Waals surface area contributed by atoms with E-state index in [1.165, 1.54) is 12.3 Å². The fourth-order valence-electron chi connectivity index (χ4n) is 1.12. The minimum absolute atomic E-state index is 0.0625. The molecule has 0 spiro atoms. The molecule has 0 amide bonds. The Hall–Kier alpha value is -0.970. The van der Waals surface area contributed by atoms with Gasteiger partial charge in [0.15, 0.2) is 0 Å². The minimum Gasteiger partial charge on any atom is -0.467 e. The van der Waals surface area contributed by atoms with Gasteiger partial charge in [0.05, 0.1) is 6.26 Å². The zero-order valence-corrected chi connectivity index (χ0v) is 7.42. The summed E-state index contributed by atoms with van der Waals surface area (Å²) in [5.74, 6) is 0.312.